The standard InChI is InChI=1S/C27H25IN2O2/c1-16-6-11-24-22(12-16)20-4-3-5-21(20)26(30-24)18-7-9-19(10-8-18)29-15-17-13-23(28)27(31)25(14-17)32-2/h3-4,6-15,20-21,26,30-31H,5H2,1-2H3/t20-,21-,26+/m1/s1. The van der Waals surface area contributed by atoms with Crippen LogP contribution in [-0.2, 0) is 0 Å². The highest BCUT2D eigenvalue weighted by Gasteiger charge is 2.37. The summed E-state index contributed by atoms with van der Waals surface area (Å²) in [4.78, 5) is 4.62. The Balaban J connectivity index is 1.38. The topological polar surface area (TPSA) is 53.8 Å². The van der Waals surface area contributed by atoms with Crippen molar-refractivity contribution in [2.75, 3.05) is 12.4 Å². The van der Waals surface area contributed by atoms with Gasteiger partial charge >= 0.3 is 0 Å². The van der Waals surface area contributed by atoms with Crippen molar-refractivity contribution in [3.63, 3.8) is 0 Å². The Morgan fingerprint density at radius 1 is 1.12 bits per heavy atom. The van der Waals surface area contributed by atoms with Crippen LogP contribution in [0.1, 0.15) is 40.6 Å². The fourth-order valence-electron chi connectivity index (χ4n) is 4.78. The smallest absolute Gasteiger partial charge is 0.171 e. The lowest BCUT2D eigenvalue weighted by atomic mass is 9.76. The molecule has 0 bridgehead atoms. The van der Waals surface area contributed by atoms with Gasteiger partial charge in [0.05, 0.1) is 22.4 Å². The highest BCUT2D eigenvalue weighted by Crippen LogP contribution is 2.50. The number of ether oxygens (including phenoxy) is 1. The number of hydrogen-bond donors (Lipinski definition) is 2. The van der Waals surface area contributed by atoms with E-state index in [2.05, 4.69) is 94.4 Å². The molecule has 0 amide bonds. The van der Waals surface area contributed by atoms with E-state index in [1.165, 1.54) is 22.4 Å². The van der Waals surface area contributed by atoms with Crippen LogP contribution in [0, 0.1) is 16.4 Å². The number of aromatic hydroxyl groups is 1. The van der Waals surface area contributed by atoms with Gasteiger partial charge in [-0.3, -0.25) is 4.99 Å². The largest absolute Gasteiger partial charge is 0.504 e. The number of benzene rings is 3. The first kappa shape index (κ1) is 21.1. The number of methoxy groups -OCH3 is 1. The predicted molar refractivity (Wildman–Crippen MR) is 139 cm³/mol. The summed E-state index contributed by atoms with van der Waals surface area (Å²) in [5.41, 5.74) is 7.03. The highest BCUT2D eigenvalue weighted by atomic mass is 127. The van der Waals surface area contributed by atoms with Crippen molar-refractivity contribution < 1.29 is 9.84 Å². The Labute approximate surface area is 202 Å². The second-order valence-electron chi connectivity index (χ2n) is 8.47. The molecule has 0 aromatic heterocycles. The summed E-state index contributed by atoms with van der Waals surface area (Å²) in [5.74, 6) is 1.62. The van der Waals surface area contributed by atoms with Crippen LogP contribution in [0.2, 0.25) is 0 Å². The number of fused-ring (bicyclic) bond motifs is 3. The van der Waals surface area contributed by atoms with E-state index in [-0.39, 0.29) is 11.8 Å². The molecule has 3 aromatic rings. The van der Waals surface area contributed by atoms with E-state index < -0.39 is 0 Å². The zero-order valence-electron chi connectivity index (χ0n) is 18.0. The summed E-state index contributed by atoms with van der Waals surface area (Å²) in [7, 11) is 1.55. The van der Waals surface area contributed by atoms with E-state index in [0.29, 0.717) is 17.6 Å². The lowest BCUT2D eigenvalue weighted by molar-refractivity contribution is 0.371. The molecule has 0 unspecified atom stereocenters. The summed E-state index contributed by atoms with van der Waals surface area (Å²) in [5, 5.41) is 13.8. The van der Waals surface area contributed by atoms with Crippen molar-refractivity contribution >= 4 is 40.2 Å². The summed E-state index contributed by atoms with van der Waals surface area (Å²) in [6, 6.07) is 19.2. The third-order valence-corrected chi connectivity index (χ3v) is 7.23. The van der Waals surface area contributed by atoms with Gasteiger partial charge in [-0.2, -0.15) is 0 Å². The molecule has 1 heterocycles. The van der Waals surface area contributed by atoms with Crippen LogP contribution in [-0.4, -0.2) is 18.4 Å². The molecule has 162 valence electrons. The average molecular weight is 536 g/mol. The Bertz CT molecular complexity index is 1220. The third-order valence-electron chi connectivity index (χ3n) is 6.40. The number of halogens is 1. The van der Waals surface area contributed by atoms with Crippen molar-refractivity contribution in [2.24, 2.45) is 10.9 Å². The Morgan fingerprint density at radius 2 is 1.94 bits per heavy atom. The van der Waals surface area contributed by atoms with E-state index in [9.17, 15) is 5.11 Å². The minimum atomic E-state index is 0.158. The first-order valence-corrected chi connectivity index (χ1v) is 11.9. The van der Waals surface area contributed by atoms with Crippen LogP contribution >= 0.6 is 22.6 Å². The number of allylic oxidation sites excluding steroid dienone is 2. The monoisotopic (exact) mass is 536 g/mol. The number of anilines is 1. The lowest BCUT2D eigenvalue weighted by Gasteiger charge is -2.37. The lowest BCUT2D eigenvalue weighted by Crippen LogP contribution is -2.29. The number of nitrogens with one attached hydrogen (secondary N) is 1. The molecule has 0 fully saturated rings. The van der Waals surface area contributed by atoms with Gasteiger partial charge in [-0.15, -0.1) is 0 Å². The van der Waals surface area contributed by atoms with Gasteiger partial charge in [0.25, 0.3) is 0 Å². The third kappa shape index (κ3) is 3.90. The summed E-state index contributed by atoms with van der Waals surface area (Å²) in [6.07, 6.45) is 7.60. The predicted octanol–water partition coefficient (Wildman–Crippen LogP) is 6.89. The second kappa shape index (κ2) is 8.62. The normalized spacial score (nSPS) is 21.3. The zero-order chi connectivity index (χ0) is 22.2. The van der Waals surface area contributed by atoms with Crippen LogP contribution in [0.5, 0.6) is 11.5 Å². The zero-order valence-corrected chi connectivity index (χ0v) is 20.2. The minimum Gasteiger partial charge on any atom is -0.504 e. The second-order valence-corrected chi connectivity index (χ2v) is 9.63. The van der Waals surface area contributed by atoms with E-state index >= 15 is 0 Å². The molecule has 0 saturated heterocycles. The van der Waals surface area contributed by atoms with Crippen LogP contribution in [0.4, 0.5) is 11.4 Å². The SMILES string of the molecule is COc1cc(C=Nc2ccc([C@@H]3Nc4ccc(C)cc4[C@@H]4C=CC[C@H]43)cc2)cc(I)c1O. The maximum atomic E-state index is 10.0. The molecule has 1 aliphatic carbocycles. The van der Waals surface area contributed by atoms with Gasteiger partial charge in [0.1, 0.15) is 0 Å². The van der Waals surface area contributed by atoms with Gasteiger partial charge in [0.15, 0.2) is 11.5 Å². The molecule has 3 atom stereocenters. The van der Waals surface area contributed by atoms with Crippen LogP contribution in [0.25, 0.3) is 0 Å². The molecule has 3 aromatic carbocycles. The number of hydrogen-bond acceptors (Lipinski definition) is 4. The first-order valence-electron chi connectivity index (χ1n) is 10.8. The van der Waals surface area contributed by atoms with E-state index in [0.717, 1.165) is 21.2 Å². The van der Waals surface area contributed by atoms with Crippen molar-refractivity contribution in [3.05, 3.63) is 92.6 Å². The number of nitrogens with zero attached hydrogens (tertiary/aromatic N) is 1. The molecule has 1 aliphatic heterocycles. The molecule has 0 radical (unpaired) electrons. The molecule has 2 N–H and O–H groups in total. The fourth-order valence-corrected chi connectivity index (χ4v) is 5.41. The van der Waals surface area contributed by atoms with Crippen molar-refractivity contribution in [2.45, 2.75) is 25.3 Å². The number of aliphatic imine (C=N–C) groups is 1. The molecule has 2 aliphatic rings. The molecule has 32 heavy (non-hydrogen) atoms. The van der Waals surface area contributed by atoms with Crippen molar-refractivity contribution in [3.8, 4) is 11.5 Å². The van der Waals surface area contributed by atoms with Gasteiger partial charge in [0, 0.05) is 17.8 Å². The van der Waals surface area contributed by atoms with E-state index in [4.69, 9.17) is 4.74 Å². The highest BCUT2D eigenvalue weighted by molar-refractivity contribution is 14.1. The maximum Gasteiger partial charge on any atom is 0.171 e. The Hall–Kier alpha value is -2.80. The molecule has 5 rings (SSSR count). The van der Waals surface area contributed by atoms with E-state index in [1.807, 2.05) is 6.07 Å². The minimum absolute atomic E-state index is 0.158. The maximum absolute atomic E-state index is 10.0. The van der Waals surface area contributed by atoms with Gasteiger partial charge in [-0.25, -0.2) is 0 Å². The van der Waals surface area contributed by atoms with Crippen LogP contribution in [0.3, 0.4) is 0 Å². The van der Waals surface area contributed by atoms with E-state index in [1.54, 1.807) is 19.4 Å². The molecule has 4 nitrogen and oxygen atoms in total. The number of rotatable bonds is 4. The van der Waals surface area contributed by atoms with Crippen molar-refractivity contribution in [1.82, 2.24) is 0 Å². The summed E-state index contributed by atoms with van der Waals surface area (Å²) in [6.45, 7) is 2.16. The van der Waals surface area contributed by atoms with Gasteiger partial charge in [-0.1, -0.05) is 42.0 Å². The quantitative estimate of drug-likeness (QED) is 0.217. The van der Waals surface area contributed by atoms with Gasteiger partial charge in [-0.05, 0) is 88.9 Å². The average Bonchev–Trinajstić information content (AvgIpc) is 3.30. The van der Waals surface area contributed by atoms with Gasteiger partial charge in [0.2, 0.25) is 0 Å². The Morgan fingerprint density at radius 3 is 2.72 bits per heavy atom. The molecule has 0 saturated carbocycles. The molecule has 5 heteroatoms. The molecular weight excluding hydrogens is 511 g/mol. The number of aryl methyl sites for hydroxylation is 1. The number of phenols is 1. The fraction of sp³-hybridized carbons (Fsp3) is 0.222. The van der Waals surface area contributed by atoms with Crippen LogP contribution < -0.4 is 10.1 Å². The molecule has 0 spiro atoms. The molecular formula is C27H25IN2O2. The first-order chi connectivity index (χ1) is 15.5. The Kier molecular flexibility index (Phi) is 5.67. The van der Waals surface area contributed by atoms with Gasteiger partial charge < -0.3 is 15.2 Å². The summed E-state index contributed by atoms with van der Waals surface area (Å²) < 4.78 is 5.97. The number of phenolic OH excluding ortho intramolecular Hbond substituents is 1. The van der Waals surface area contributed by atoms with Crippen LogP contribution in [0.15, 0.2) is 71.7 Å². The summed E-state index contributed by atoms with van der Waals surface area (Å²) >= 11 is 2.09. The van der Waals surface area contributed by atoms with Crippen molar-refractivity contribution in [1.29, 1.82) is 0 Å².